The molecule has 1 aliphatic heterocycles. The first-order valence-corrected chi connectivity index (χ1v) is 10.7. The average Bonchev–Trinajstić information content (AvgIpc) is 3.27. The summed E-state index contributed by atoms with van der Waals surface area (Å²) in [5.41, 5.74) is 1.14. The molecular formula is C19H20N4O4S2. The minimum Gasteiger partial charge on any atom is -0.469 e. The standard InChI is InChI=1S/C19H20N4O4S2/c24-15-9-12(16-2-1-5-27-16)8-14-13(15)10-20-18(21-14)22-17(25)11-29-19(28)23-3-6-26-7-4-23/h1-2,5,10,12H,3-4,6-9,11H2,(H,20,21,22,25)/t12-/m0/s1. The van der Waals surface area contributed by atoms with Crippen molar-refractivity contribution in [2.24, 2.45) is 0 Å². The average molecular weight is 433 g/mol. The fraction of sp³-hybridized carbons (Fsp3) is 0.421. The minimum atomic E-state index is -0.240. The van der Waals surface area contributed by atoms with E-state index in [2.05, 4.69) is 15.3 Å². The van der Waals surface area contributed by atoms with Crippen LogP contribution in [0.25, 0.3) is 0 Å². The number of furan rings is 1. The molecule has 4 rings (SSSR count). The number of aromatic nitrogens is 2. The van der Waals surface area contributed by atoms with Gasteiger partial charge in [-0.1, -0.05) is 24.0 Å². The predicted octanol–water partition coefficient (Wildman–Crippen LogP) is 2.27. The Hall–Kier alpha value is -2.30. The van der Waals surface area contributed by atoms with Crippen molar-refractivity contribution in [1.29, 1.82) is 0 Å². The van der Waals surface area contributed by atoms with Crippen LogP contribution >= 0.6 is 24.0 Å². The van der Waals surface area contributed by atoms with E-state index in [0.29, 0.717) is 41.6 Å². The van der Waals surface area contributed by atoms with E-state index >= 15 is 0 Å². The molecule has 0 saturated carbocycles. The number of morpholine rings is 1. The Balaban J connectivity index is 1.36. The first kappa shape index (κ1) is 20.0. The number of ketones is 1. The molecule has 1 N–H and O–H groups in total. The molecule has 10 heteroatoms. The highest BCUT2D eigenvalue weighted by molar-refractivity contribution is 8.23. The highest BCUT2D eigenvalue weighted by atomic mass is 32.2. The number of anilines is 1. The van der Waals surface area contributed by atoms with E-state index < -0.39 is 0 Å². The summed E-state index contributed by atoms with van der Waals surface area (Å²) >= 11 is 6.68. The highest BCUT2D eigenvalue weighted by Crippen LogP contribution is 2.32. The Kier molecular flexibility index (Phi) is 6.22. The Morgan fingerprint density at radius 3 is 2.93 bits per heavy atom. The summed E-state index contributed by atoms with van der Waals surface area (Å²) in [6, 6.07) is 3.67. The monoisotopic (exact) mass is 432 g/mol. The highest BCUT2D eigenvalue weighted by Gasteiger charge is 2.29. The van der Waals surface area contributed by atoms with Crippen molar-refractivity contribution in [3.05, 3.63) is 41.6 Å². The van der Waals surface area contributed by atoms with E-state index in [1.54, 1.807) is 12.3 Å². The molecule has 0 unspecified atom stereocenters. The van der Waals surface area contributed by atoms with Crippen LogP contribution in [0.15, 0.2) is 29.0 Å². The number of nitrogens with one attached hydrogen (secondary N) is 1. The second-order valence-electron chi connectivity index (χ2n) is 6.80. The summed E-state index contributed by atoms with van der Waals surface area (Å²) in [6.45, 7) is 2.78. The van der Waals surface area contributed by atoms with Crippen LogP contribution in [0.3, 0.4) is 0 Å². The third-order valence-corrected chi connectivity index (χ3v) is 6.36. The molecular weight excluding hydrogens is 412 g/mol. The largest absolute Gasteiger partial charge is 0.469 e. The maximum atomic E-state index is 12.4. The molecule has 1 fully saturated rings. The molecule has 0 radical (unpaired) electrons. The van der Waals surface area contributed by atoms with Gasteiger partial charge < -0.3 is 14.1 Å². The number of nitrogens with zero attached hydrogens (tertiary/aromatic N) is 3. The zero-order chi connectivity index (χ0) is 20.2. The Bertz CT molecular complexity index is 913. The van der Waals surface area contributed by atoms with Gasteiger partial charge in [-0.3, -0.25) is 14.9 Å². The van der Waals surface area contributed by atoms with Crippen molar-refractivity contribution in [2.75, 3.05) is 37.4 Å². The fourth-order valence-corrected chi connectivity index (χ4v) is 4.41. The Morgan fingerprint density at radius 1 is 1.34 bits per heavy atom. The molecule has 29 heavy (non-hydrogen) atoms. The van der Waals surface area contributed by atoms with Gasteiger partial charge in [0, 0.05) is 38.0 Å². The summed E-state index contributed by atoms with van der Waals surface area (Å²) in [7, 11) is 0. The topological polar surface area (TPSA) is 97.6 Å². The van der Waals surface area contributed by atoms with Crippen molar-refractivity contribution < 1.29 is 18.7 Å². The van der Waals surface area contributed by atoms with Gasteiger partial charge >= 0.3 is 0 Å². The molecule has 2 aromatic rings. The number of thiocarbonyl (C=S) groups is 1. The lowest BCUT2D eigenvalue weighted by molar-refractivity contribution is -0.113. The maximum Gasteiger partial charge on any atom is 0.237 e. The molecule has 8 nitrogen and oxygen atoms in total. The number of Topliss-reactive ketones (excluding diaryl/α,β-unsaturated/α-hetero) is 1. The van der Waals surface area contributed by atoms with Crippen molar-refractivity contribution in [2.45, 2.75) is 18.8 Å². The van der Waals surface area contributed by atoms with Crippen LogP contribution in [-0.2, 0) is 16.0 Å². The molecule has 1 saturated heterocycles. The minimum absolute atomic E-state index is 0.0167. The van der Waals surface area contributed by atoms with Gasteiger partial charge in [0.15, 0.2) is 5.78 Å². The smallest absolute Gasteiger partial charge is 0.237 e. The molecule has 0 spiro atoms. The van der Waals surface area contributed by atoms with Gasteiger partial charge in [0.05, 0.1) is 36.5 Å². The predicted molar refractivity (Wildman–Crippen MR) is 112 cm³/mol. The normalized spacial score (nSPS) is 19.0. The van der Waals surface area contributed by atoms with E-state index in [4.69, 9.17) is 21.4 Å². The molecule has 1 aliphatic carbocycles. The van der Waals surface area contributed by atoms with E-state index in [0.717, 1.165) is 18.8 Å². The van der Waals surface area contributed by atoms with E-state index in [9.17, 15) is 9.59 Å². The van der Waals surface area contributed by atoms with Crippen molar-refractivity contribution in [3.8, 4) is 0 Å². The van der Waals surface area contributed by atoms with Gasteiger partial charge in [-0.2, -0.15) is 0 Å². The molecule has 0 aromatic carbocycles. The zero-order valence-corrected chi connectivity index (χ0v) is 17.3. The van der Waals surface area contributed by atoms with Crippen molar-refractivity contribution in [3.63, 3.8) is 0 Å². The molecule has 2 aromatic heterocycles. The number of hydrogen-bond acceptors (Lipinski definition) is 8. The number of amides is 1. The number of rotatable bonds is 4. The number of carbonyl (C=O) groups is 2. The number of hydrogen-bond donors (Lipinski definition) is 1. The maximum absolute atomic E-state index is 12.4. The summed E-state index contributed by atoms with van der Waals surface area (Å²) in [5.74, 6) is 0.822. The summed E-state index contributed by atoms with van der Waals surface area (Å²) in [4.78, 5) is 35.3. The van der Waals surface area contributed by atoms with Gasteiger partial charge in [0.1, 0.15) is 10.1 Å². The summed E-state index contributed by atoms with van der Waals surface area (Å²) in [5, 5.41) is 2.70. The van der Waals surface area contributed by atoms with Crippen LogP contribution in [-0.4, -0.2) is 62.9 Å². The van der Waals surface area contributed by atoms with E-state index in [-0.39, 0.29) is 29.3 Å². The van der Waals surface area contributed by atoms with E-state index in [1.807, 2.05) is 11.0 Å². The fourth-order valence-electron chi connectivity index (χ4n) is 3.36. The second-order valence-corrected chi connectivity index (χ2v) is 8.41. The van der Waals surface area contributed by atoms with Crippen LogP contribution < -0.4 is 5.32 Å². The zero-order valence-electron chi connectivity index (χ0n) is 15.6. The van der Waals surface area contributed by atoms with E-state index in [1.165, 1.54) is 18.0 Å². The van der Waals surface area contributed by atoms with Crippen LogP contribution in [0.2, 0.25) is 0 Å². The third-order valence-electron chi connectivity index (χ3n) is 4.83. The summed E-state index contributed by atoms with van der Waals surface area (Å²) in [6.07, 6.45) is 4.02. The van der Waals surface area contributed by atoms with Gasteiger partial charge in [-0.25, -0.2) is 9.97 Å². The van der Waals surface area contributed by atoms with Crippen LogP contribution in [0.4, 0.5) is 5.95 Å². The quantitative estimate of drug-likeness (QED) is 0.730. The molecule has 0 bridgehead atoms. The first-order valence-electron chi connectivity index (χ1n) is 9.32. The van der Waals surface area contributed by atoms with Crippen LogP contribution in [0.5, 0.6) is 0 Å². The van der Waals surface area contributed by atoms with Gasteiger partial charge in [-0.15, -0.1) is 0 Å². The van der Waals surface area contributed by atoms with Crippen LogP contribution in [0.1, 0.15) is 34.2 Å². The molecule has 2 aliphatic rings. The molecule has 152 valence electrons. The lowest BCUT2D eigenvalue weighted by atomic mass is 9.85. The second kappa shape index (κ2) is 9.02. The molecule has 3 heterocycles. The Labute approximate surface area is 177 Å². The van der Waals surface area contributed by atoms with Crippen molar-refractivity contribution in [1.82, 2.24) is 14.9 Å². The molecule has 1 atom stereocenters. The summed E-state index contributed by atoms with van der Waals surface area (Å²) < 4.78 is 11.4. The number of carbonyl (C=O) groups excluding carboxylic acids is 2. The number of ether oxygens (including phenoxy) is 1. The first-order chi connectivity index (χ1) is 14.1. The molecule has 1 amide bonds. The number of thioether (sulfide) groups is 1. The van der Waals surface area contributed by atoms with Crippen molar-refractivity contribution >= 4 is 45.9 Å². The van der Waals surface area contributed by atoms with Gasteiger partial charge in [-0.05, 0) is 12.1 Å². The lowest BCUT2D eigenvalue weighted by Gasteiger charge is -2.28. The van der Waals surface area contributed by atoms with Gasteiger partial charge in [0.25, 0.3) is 0 Å². The lowest BCUT2D eigenvalue weighted by Crippen LogP contribution is -2.39. The number of fused-ring (bicyclic) bond motifs is 1. The SMILES string of the molecule is O=C(CSC(=S)N1CCOCC1)Nc1ncc2c(n1)C[C@H](c1ccco1)CC2=O. The Morgan fingerprint density at radius 2 is 2.17 bits per heavy atom. The third kappa shape index (κ3) is 4.82. The van der Waals surface area contributed by atoms with Gasteiger partial charge in [0.2, 0.25) is 11.9 Å². The van der Waals surface area contributed by atoms with Crippen LogP contribution in [0, 0.1) is 0 Å².